The zero-order valence-electron chi connectivity index (χ0n) is 18.7. The highest BCUT2D eigenvalue weighted by Crippen LogP contribution is 2.36. The zero-order valence-corrected chi connectivity index (χ0v) is 18.7. The molecule has 1 fully saturated rings. The van der Waals surface area contributed by atoms with E-state index in [9.17, 15) is 26.3 Å². The van der Waals surface area contributed by atoms with Gasteiger partial charge in [-0.2, -0.15) is 8.78 Å². The molecule has 1 aliphatic rings. The van der Waals surface area contributed by atoms with Gasteiger partial charge in [-0.15, -0.1) is 0 Å². The lowest BCUT2D eigenvalue weighted by Crippen LogP contribution is -2.25. The van der Waals surface area contributed by atoms with Crippen LogP contribution < -0.4 is 4.74 Å². The highest BCUT2D eigenvalue weighted by Gasteiger charge is 2.35. The summed E-state index contributed by atoms with van der Waals surface area (Å²) in [6.07, 6.45) is 3.89. The molecule has 0 heterocycles. The van der Waals surface area contributed by atoms with Gasteiger partial charge in [0, 0.05) is 18.6 Å². The third-order valence-corrected chi connectivity index (χ3v) is 6.54. The van der Waals surface area contributed by atoms with Gasteiger partial charge in [0.15, 0.2) is 17.5 Å². The smallest absolute Gasteiger partial charge is 0.426 e. The molecule has 0 saturated heterocycles. The Hall–Kier alpha value is -2.18. The van der Waals surface area contributed by atoms with E-state index in [2.05, 4.69) is 11.7 Å². The van der Waals surface area contributed by atoms with Crippen molar-refractivity contribution >= 4 is 0 Å². The van der Waals surface area contributed by atoms with Gasteiger partial charge >= 0.3 is 6.11 Å². The van der Waals surface area contributed by atoms with Crippen molar-refractivity contribution < 1.29 is 31.1 Å². The Morgan fingerprint density at radius 1 is 0.939 bits per heavy atom. The molecule has 1 atom stereocenters. The third-order valence-electron chi connectivity index (χ3n) is 6.54. The van der Waals surface area contributed by atoms with Crippen molar-refractivity contribution in [2.75, 3.05) is 0 Å². The molecule has 0 spiro atoms. The summed E-state index contributed by atoms with van der Waals surface area (Å²) >= 11 is 0. The molecule has 2 aromatic carbocycles. The van der Waals surface area contributed by atoms with E-state index in [0.29, 0.717) is 23.6 Å². The first-order chi connectivity index (χ1) is 15.7. The Balaban J connectivity index is 1.54. The molecule has 1 unspecified atom stereocenters. The van der Waals surface area contributed by atoms with Crippen LogP contribution in [0.5, 0.6) is 5.75 Å². The first kappa shape index (κ1) is 25.4. The summed E-state index contributed by atoms with van der Waals surface area (Å²) in [5.41, 5.74) is 0.0328. The van der Waals surface area contributed by atoms with Gasteiger partial charge in [-0.1, -0.05) is 57.6 Å². The van der Waals surface area contributed by atoms with Gasteiger partial charge in [0.2, 0.25) is 0 Å². The van der Waals surface area contributed by atoms with Crippen LogP contribution in [0.25, 0.3) is 0 Å². The van der Waals surface area contributed by atoms with E-state index in [1.807, 2.05) is 0 Å². The van der Waals surface area contributed by atoms with Crippen molar-refractivity contribution in [3.63, 3.8) is 0 Å². The maximum Gasteiger partial charge on any atom is 0.426 e. The van der Waals surface area contributed by atoms with Crippen molar-refractivity contribution in [2.45, 2.75) is 77.0 Å². The minimum absolute atomic E-state index is 0.0138. The lowest BCUT2D eigenvalue weighted by atomic mass is 9.77. The van der Waals surface area contributed by atoms with Gasteiger partial charge in [0.05, 0.1) is 5.56 Å². The SMILES string of the molecule is CCCCCC1CCC(C(F)Cc2ccc(C(F)(F)Oc3cc(F)c(F)c(F)c3)cc2)CC1. The lowest BCUT2D eigenvalue weighted by Gasteiger charge is -2.30. The van der Waals surface area contributed by atoms with E-state index in [-0.39, 0.29) is 12.3 Å². The number of halogens is 6. The van der Waals surface area contributed by atoms with Gasteiger partial charge in [-0.05, 0) is 42.4 Å². The second-order valence-electron chi connectivity index (χ2n) is 9.01. The predicted octanol–water partition coefficient (Wildman–Crippen LogP) is 8.50. The Bertz CT molecular complexity index is 867. The average Bonchev–Trinajstić information content (AvgIpc) is 2.78. The Kier molecular flexibility index (Phi) is 8.71. The van der Waals surface area contributed by atoms with Crippen LogP contribution in [0.4, 0.5) is 26.3 Å². The maximum absolute atomic E-state index is 14.9. The van der Waals surface area contributed by atoms with Crippen LogP contribution in [-0.2, 0) is 12.5 Å². The highest BCUT2D eigenvalue weighted by atomic mass is 19.3. The molecule has 0 aromatic heterocycles. The molecule has 0 N–H and O–H groups in total. The maximum atomic E-state index is 14.9. The average molecular weight is 473 g/mol. The highest BCUT2D eigenvalue weighted by molar-refractivity contribution is 5.29. The van der Waals surface area contributed by atoms with Crippen molar-refractivity contribution in [2.24, 2.45) is 11.8 Å². The summed E-state index contributed by atoms with van der Waals surface area (Å²) in [7, 11) is 0. The van der Waals surface area contributed by atoms with Crippen LogP contribution in [0.1, 0.15) is 69.4 Å². The van der Waals surface area contributed by atoms with Gasteiger partial charge in [0.25, 0.3) is 0 Å². The topological polar surface area (TPSA) is 9.23 Å². The monoisotopic (exact) mass is 472 g/mol. The molecular formula is C26H30F6O. The summed E-state index contributed by atoms with van der Waals surface area (Å²) in [5.74, 6) is -5.18. The standard InChI is InChI=1S/C26H30F6O/c1-2-3-4-5-17-6-10-19(11-7-17)22(27)14-18-8-12-20(13-9-18)26(31,32)33-21-15-23(28)25(30)24(29)16-21/h8-9,12-13,15-17,19,22H,2-7,10-11,14H2,1H3. The molecule has 1 aliphatic carbocycles. The summed E-state index contributed by atoms with van der Waals surface area (Å²) in [5, 5.41) is 0. The molecule has 3 rings (SSSR count). The summed E-state index contributed by atoms with van der Waals surface area (Å²) < 4.78 is 87.6. The number of benzene rings is 2. The molecular weight excluding hydrogens is 442 g/mol. The van der Waals surface area contributed by atoms with E-state index >= 15 is 0 Å². The van der Waals surface area contributed by atoms with Crippen molar-refractivity contribution in [3.05, 3.63) is 65.0 Å². The molecule has 0 aliphatic heterocycles. The predicted molar refractivity (Wildman–Crippen MR) is 115 cm³/mol. The number of ether oxygens (including phenoxy) is 1. The minimum atomic E-state index is -3.90. The number of hydrogen-bond acceptors (Lipinski definition) is 1. The van der Waals surface area contributed by atoms with Crippen molar-refractivity contribution in [3.8, 4) is 5.75 Å². The van der Waals surface area contributed by atoms with Crippen molar-refractivity contribution in [1.29, 1.82) is 0 Å². The molecule has 33 heavy (non-hydrogen) atoms. The molecule has 1 saturated carbocycles. The van der Waals surface area contributed by atoms with Gasteiger partial charge in [-0.3, -0.25) is 0 Å². The summed E-state index contributed by atoms with van der Waals surface area (Å²) in [6, 6.07) is 5.72. The lowest BCUT2D eigenvalue weighted by molar-refractivity contribution is -0.185. The van der Waals surface area contributed by atoms with Gasteiger partial charge < -0.3 is 4.74 Å². The van der Waals surface area contributed by atoms with Crippen LogP contribution in [-0.4, -0.2) is 6.17 Å². The molecule has 0 radical (unpaired) electrons. The largest absolute Gasteiger partial charge is 0.429 e. The van der Waals surface area contributed by atoms with Gasteiger partial charge in [-0.25, -0.2) is 17.6 Å². The van der Waals surface area contributed by atoms with Crippen LogP contribution in [0.2, 0.25) is 0 Å². The zero-order chi connectivity index (χ0) is 24.0. The Labute approximate surface area is 191 Å². The summed E-state index contributed by atoms with van der Waals surface area (Å²) in [4.78, 5) is 0. The van der Waals surface area contributed by atoms with E-state index in [1.54, 1.807) is 0 Å². The molecule has 182 valence electrons. The van der Waals surface area contributed by atoms with E-state index < -0.39 is 41.0 Å². The molecule has 0 amide bonds. The molecule has 1 nitrogen and oxygen atoms in total. The molecule has 2 aromatic rings. The van der Waals surface area contributed by atoms with E-state index in [4.69, 9.17) is 0 Å². The third kappa shape index (κ3) is 6.90. The van der Waals surface area contributed by atoms with Crippen LogP contribution in [0, 0.1) is 29.3 Å². The Morgan fingerprint density at radius 2 is 1.55 bits per heavy atom. The number of unbranched alkanes of at least 4 members (excludes halogenated alkanes) is 2. The molecule has 0 bridgehead atoms. The van der Waals surface area contributed by atoms with E-state index in [0.717, 1.165) is 37.8 Å². The fraction of sp³-hybridized carbons (Fsp3) is 0.538. The van der Waals surface area contributed by atoms with Crippen molar-refractivity contribution in [1.82, 2.24) is 0 Å². The Morgan fingerprint density at radius 3 is 2.12 bits per heavy atom. The fourth-order valence-electron chi connectivity index (χ4n) is 4.55. The second kappa shape index (κ2) is 11.3. The fourth-order valence-corrected chi connectivity index (χ4v) is 4.55. The second-order valence-corrected chi connectivity index (χ2v) is 9.01. The number of hydrogen-bond donors (Lipinski definition) is 0. The molecule has 7 heteroatoms. The van der Waals surface area contributed by atoms with Crippen LogP contribution in [0.15, 0.2) is 36.4 Å². The normalized spacial score (nSPS) is 20.0. The minimum Gasteiger partial charge on any atom is -0.429 e. The first-order valence-electron chi connectivity index (χ1n) is 11.6. The summed E-state index contributed by atoms with van der Waals surface area (Å²) in [6.45, 7) is 2.18. The number of rotatable bonds is 10. The van der Waals surface area contributed by atoms with E-state index in [1.165, 1.54) is 37.8 Å². The van der Waals surface area contributed by atoms with Crippen LogP contribution in [0.3, 0.4) is 0 Å². The van der Waals surface area contributed by atoms with Gasteiger partial charge in [0.1, 0.15) is 11.9 Å². The number of alkyl halides is 3. The first-order valence-corrected chi connectivity index (χ1v) is 11.6. The van der Waals surface area contributed by atoms with Crippen LogP contribution >= 0.6 is 0 Å². The quantitative estimate of drug-likeness (QED) is 0.191.